The van der Waals surface area contributed by atoms with Crippen LogP contribution < -0.4 is 5.73 Å². The predicted molar refractivity (Wildman–Crippen MR) is 66.2 cm³/mol. The van der Waals surface area contributed by atoms with Crippen LogP contribution in [0.3, 0.4) is 0 Å². The molecular formula is C12H26N2O2. The van der Waals surface area contributed by atoms with Crippen molar-refractivity contribution >= 4 is 5.91 Å². The molecule has 0 bridgehead atoms. The van der Waals surface area contributed by atoms with Gasteiger partial charge >= 0.3 is 0 Å². The molecule has 1 amide bonds. The molecule has 16 heavy (non-hydrogen) atoms. The SMILES string of the molecule is CCN(C(=O)CCC(C)(C)N)C(C)COC. The van der Waals surface area contributed by atoms with Crippen LogP contribution in [0, 0.1) is 0 Å². The normalized spacial score (nSPS) is 13.6. The highest BCUT2D eigenvalue weighted by molar-refractivity contribution is 5.76. The first-order valence-electron chi connectivity index (χ1n) is 5.89. The van der Waals surface area contributed by atoms with Crippen LogP contribution in [-0.2, 0) is 9.53 Å². The molecule has 1 atom stereocenters. The number of carbonyl (C=O) groups is 1. The molecular weight excluding hydrogens is 204 g/mol. The summed E-state index contributed by atoms with van der Waals surface area (Å²) >= 11 is 0. The minimum absolute atomic E-state index is 0.128. The highest BCUT2D eigenvalue weighted by Crippen LogP contribution is 2.11. The molecule has 96 valence electrons. The summed E-state index contributed by atoms with van der Waals surface area (Å²) in [6.07, 6.45) is 1.22. The molecule has 0 aromatic carbocycles. The van der Waals surface area contributed by atoms with Crippen molar-refractivity contribution in [1.29, 1.82) is 0 Å². The van der Waals surface area contributed by atoms with Crippen LogP contribution in [0.25, 0.3) is 0 Å². The van der Waals surface area contributed by atoms with Crippen molar-refractivity contribution in [2.75, 3.05) is 20.3 Å². The Bertz CT molecular complexity index is 212. The Kier molecular flexibility index (Phi) is 6.60. The fourth-order valence-corrected chi connectivity index (χ4v) is 1.64. The number of hydrogen-bond acceptors (Lipinski definition) is 3. The molecule has 0 aliphatic carbocycles. The van der Waals surface area contributed by atoms with Crippen LogP contribution >= 0.6 is 0 Å². The minimum Gasteiger partial charge on any atom is -0.383 e. The molecule has 4 heteroatoms. The third-order valence-electron chi connectivity index (χ3n) is 2.58. The number of nitrogens with zero attached hydrogens (tertiary/aromatic N) is 1. The second-order valence-electron chi connectivity index (χ2n) is 4.97. The monoisotopic (exact) mass is 230 g/mol. The predicted octanol–water partition coefficient (Wildman–Crippen LogP) is 1.39. The quantitative estimate of drug-likeness (QED) is 0.719. The van der Waals surface area contributed by atoms with E-state index in [9.17, 15) is 4.79 Å². The molecule has 0 radical (unpaired) electrons. The fraction of sp³-hybridized carbons (Fsp3) is 0.917. The van der Waals surface area contributed by atoms with E-state index in [2.05, 4.69) is 0 Å². The summed E-state index contributed by atoms with van der Waals surface area (Å²) in [6, 6.07) is 0.128. The molecule has 0 aromatic heterocycles. The average molecular weight is 230 g/mol. The van der Waals surface area contributed by atoms with Crippen molar-refractivity contribution < 1.29 is 9.53 Å². The summed E-state index contributed by atoms with van der Waals surface area (Å²) in [5.74, 6) is 0.158. The molecule has 0 fully saturated rings. The lowest BCUT2D eigenvalue weighted by Gasteiger charge is -2.29. The van der Waals surface area contributed by atoms with E-state index >= 15 is 0 Å². The van der Waals surface area contributed by atoms with Crippen molar-refractivity contribution in [2.24, 2.45) is 5.73 Å². The molecule has 0 aromatic rings. The van der Waals surface area contributed by atoms with E-state index in [4.69, 9.17) is 10.5 Å². The average Bonchev–Trinajstić information content (AvgIpc) is 2.15. The van der Waals surface area contributed by atoms with E-state index in [0.717, 1.165) is 0 Å². The van der Waals surface area contributed by atoms with E-state index < -0.39 is 0 Å². The zero-order valence-corrected chi connectivity index (χ0v) is 11.2. The lowest BCUT2D eigenvalue weighted by molar-refractivity contribution is -0.134. The number of nitrogens with two attached hydrogens (primary N) is 1. The Balaban J connectivity index is 4.21. The Labute approximate surface area is 99.1 Å². The van der Waals surface area contributed by atoms with Crippen molar-refractivity contribution in [2.45, 2.75) is 52.1 Å². The van der Waals surface area contributed by atoms with Gasteiger partial charge in [0.25, 0.3) is 0 Å². The maximum atomic E-state index is 12.0. The largest absolute Gasteiger partial charge is 0.383 e. The van der Waals surface area contributed by atoms with Gasteiger partial charge in [-0.25, -0.2) is 0 Å². The number of carbonyl (C=O) groups excluding carboxylic acids is 1. The zero-order chi connectivity index (χ0) is 12.8. The van der Waals surface area contributed by atoms with Gasteiger partial charge in [-0.1, -0.05) is 0 Å². The second-order valence-corrected chi connectivity index (χ2v) is 4.97. The van der Waals surface area contributed by atoms with Crippen molar-refractivity contribution in [3.63, 3.8) is 0 Å². The van der Waals surface area contributed by atoms with E-state index in [1.165, 1.54) is 0 Å². The van der Waals surface area contributed by atoms with Crippen molar-refractivity contribution in [3.05, 3.63) is 0 Å². The van der Waals surface area contributed by atoms with Crippen LogP contribution in [0.2, 0.25) is 0 Å². The summed E-state index contributed by atoms with van der Waals surface area (Å²) in [6.45, 7) is 9.15. The van der Waals surface area contributed by atoms with Gasteiger partial charge in [0.2, 0.25) is 5.91 Å². The topological polar surface area (TPSA) is 55.6 Å². The fourth-order valence-electron chi connectivity index (χ4n) is 1.64. The van der Waals surface area contributed by atoms with Crippen LogP contribution in [-0.4, -0.2) is 42.6 Å². The molecule has 0 rings (SSSR count). The number of amides is 1. The Hall–Kier alpha value is -0.610. The number of likely N-dealkylation sites (N-methyl/N-ethyl adjacent to an activating group) is 1. The summed E-state index contributed by atoms with van der Waals surface area (Å²) < 4.78 is 5.06. The van der Waals surface area contributed by atoms with Crippen LogP contribution in [0.5, 0.6) is 0 Å². The van der Waals surface area contributed by atoms with E-state index in [0.29, 0.717) is 26.0 Å². The molecule has 0 aliphatic heterocycles. The molecule has 0 aliphatic rings. The third kappa shape index (κ3) is 6.08. The van der Waals surface area contributed by atoms with Gasteiger partial charge in [0.05, 0.1) is 12.6 Å². The first-order valence-corrected chi connectivity index (χ1v) is 5.89. The number of rotatable bonds is 7. The number of methoxy groups -OCH3 is 1. The zero-order valence-electron chi connectivity index (χ0n) is 11.2. The van der Waals surface area contributed by atoms with Crippen LogP contribution in [0.15, 0.2) is 0 Å². The maximum absolute atomic E-state index is 12.0. The Morgan fingerprint density at radius 3 is 2.44 bits per heavy atom. The van der Waals surface area contributed by atoms with Crippen LogP contribution in [0.1, 0.15) is 40.5 Å². The van der Waals surface area contributed by atoms with Gasteiger partial charge in [0.1, 0.15) is 0 Å². The molecule has 4 nitrogen and oxygen atoms in total. The molecule has 0 spiro atoms. The number of ether oxygens (including phenoxy) is 1. The summed E-state index contributed by atoms with van der Waals surface area (Å²) in [7, 11) is 1.65. The lowest BCUT2D eigenvalue weighted by atomic mass is 9.99. The lowest BCUT2D eigenvalue weighted by Crippen LogP contribution is -2.42. The van der Waals surface area contributed by atoms with Gasteiger partial charge in [-0.2, -0.15) is 0 Å². The Morgan fingerprint density at radius 1 is 1.50 bits per heavy atom. The van der Waals surface area contributed by atoms with E-state index in [1.807, 2.05) is 32.6 Å². The van der Waals surface area contributed by atoms with Crippen LogP contribution in [0.4, 0.5) is 0 Å². The highest BCUT2D eigenvalue weighted by atomic mass is 16.5. The molecule has 0 saturated carbocycles. The summed E-state index contributed by atoms with van der Waals surface area (Å²) in [5.41, 5.74) is 5.59. The summed E-state index contributed by atoms with van der Waals surface area (Å²) in [5, 5.41) is 0. The molecule has 0 heterocycles. The maximum Gasteiger partial charge on any atom is 0.222 e. The Morgan fingerprint density at radius 2 is 2.06 bits per heavy atom. The summed E-state index contributed by atoms with van der Waals surface area (Å²) in [4.78, 5) is 13.8. The molecule has 1 unspecified atom stereocenters. The van der Waals surface area contributed by atoms with Gasteiger partial charge in [-0.15, -0.1) is 0 Å². The van der Waals surface area contributed by atoms with E-state index in [-0.39, 0.29) is 17.5 Å². The van der Waals surface area contributed by atoms with Gasteiger partial charge in [0.15, 0.2) is 0 Å². The van der Waals surface area contributed by atoms with Gasteiger partial charge in [0, 0.05) is 25.6 Å². The van der Waals surface area contributed by atoms with Gasteiger partial charge in [-0.3, -0.25) is 4.79 Å². The van der Waals surface area contributed by atoms with Gasteiger partial charge < -0.3 is 15.4 Å². The highest BCUT2D eigenvalue weighted by Gasteiger charge is 2.20. The first kappa shape index (κ1) is 15.4. The number of hydrogen-bond donors (Lipinski definition) is 1. The minimum atomic E-state index is -0.278. The van der Waals surface area contributed by atoms with Gasteiger partial charge in [-0.05, 0) is 34.1 Å². The first-order chi connectivity index (χ1) is 7.31. The van der Waals surface area contributed by atoms with E-state index in [1.54, 1.807) is 7.11 Å². The molecule has 0 saturated heterocycles. The molecule has 2 N–H and O–H groups in total. The van der Waals surface area contributed by atoms with Crippen molar-refractivity contribution in [3.8, 4) is 0 Å². The smallest absolute Gasteiger partial charge is 0.222 e. The second kappa shape index (κ2) is 6.86. The van der Waals surface area contributed by atoms with Crippen molar-refractivity contribution in [1.82, 2.24) is 4.90 Å². The third-order valence-corrected chi connectivity index (χ3v) is 2.58. The standard InChI is InChI=1S/C12H26N2O2/c1-6-14(10(2)9-16-5)11(15)7-8-12(3,4)13/h10H,6-9,13H2,1-5H3.